The fourth-order valence-electron chi connectivity index (χ4n) is 4.42. The summed E-state index contributed by atoms with van der Waals surface area (Å²) in [5.41, 5.74) is 0.666. The number of hydrogen-bond donors (Lipinski definition) is 1. The van der Waals surface area contributed by atoms with Gasteiger partial charge in [0.05, 0.1) is 26.2 Å². The summed E-state index contributed by atoms with van der Waals surface area (Å²) < 4.78 is 37.1. The monoisotopic (exact) mass is 585 g/mol. The van der Waals surface area contributed by atoms with Crippen molar-refractivity contribution in [3.63, 3.8) is 0 Å². The number of anilines is 1. The lowest BCUT2D eigenvalue weighted by molar-refractivity contribution is -0.139. The number of ether oxygens (including phenoxy) is 2. The van der Waals surface area contributed by atoms with Crippen molar-refractivity contribution in [1.82, 2.24) is 10.2 Å². The molecule has 2 aromatic carbocycles. The Morgan fingerprint density at radius 2 is 1.66 bits per heavy atom. The lowest BCUT2D eigenvalue weighted by Crippen LogP contribution is -2.52. The average molecular weight is 587 g/mol. The van der Waals surface area contributed by atoms with E-state index in [1.165, 1.54) is 31.3 Å². The van der Waals surface area contributed by atoms with Crippen LogP contribution in [0.4, 0.5) is 5.69 Å². The van der Waals surface area contributed by atoms with Crippen LogP contribution in [0.5, 0.6) is 11.5 Å². The minimum Gasteiger partial charge on any atom is -0.493 e. The van der Waals surface area contributed by atoms with Gasteiger partial charge in [-0.25, -0.2) is 8.42 Å². The highest BCUT2D eigenvalue weighted by Gasteiger charge is 2.32. The van der Waals surface area contributed by atoms with Gasteiger partial charge in [0.2, 0.25) is 21.8 Å². The van der Waals surface area contributed by atoms with Gasteiger partial charge in [-0.1, -0.05) is 42.1 Å². The van der Waals surface area contributed by atoms with Gasteiger partial charge >= 0.3 is 0 Å². The molecule has 0 heterocycles. The number of amides is 2. The van der Waals surface area contributed by atoms with Crippen LogP contribution >= 0.6 is 23.2 Å². The summed E-state index contributed by atoms with van der Waals surface area (Å²) in [7, 11) is -1.02. The van der Waals surface area contributed by atoms with Crippen LogP contribution < -0.4 is 19.1 Å². The third-order valence-corrected chi connectivity index (χ3v) is 8.44. The van der Waals surface area contributed by atoms with Crippen molar-refractivity contribution >= 4 is 50.7 Å². The Hall–Kier alpha value is -2.69. The molecule has 208 valence electrons. The first-order valence-electron chi connectivity index (χ1n) is 12.2. The number of nitrogens with zero attached hydrogens (tertiary/aromatic N) is 2. The van der Waals surface area contributed by atoms with Crippen LogP contribution in [0.25, 0.3) is 0 Å². The maximum Gasteiger partial charge on any atom is 0.244 e. The van der Waals surface area contributed by atoms with Crippen LogP contribution in [0, 0.1) is 0 Å². The van der Waals surface area contributed by atoms with Gasteiger partial charge in [0.25, 0.3) is 0 Å². The van der Waals surface area contributed by atoms with Crippen molar-refractivity contribution in [2.45, 2.75) is 51.2 Å². The molecular weight excluding hydrogens is 553 g/mol. The van der Waals surface area contributed by atoms with Gasteiger partial charge in [0, 0.05) is 34.3 Å². The summed E-state index contributed by atoms with van der Waals surface area (Å²) >= 11 is 12.8. The van der Waals surface area contributed by atoms with Crippen LogP contribution in [0.15, 0.2) is 36.4 Å². The smallest absolute Gasteiger partial charge is 0.244 e. The molecule has 0 aliphatic heterocycles. The van der Waals surface area contributed by atoms with E-state index in [1.807, 2.05) is 0 Å². The molecule has 1 fully saturated rings. The Bertz CT molecular complexity index is 1250. The highest BCUT2D eigenvalue weighted by atomic mass is 35.5. The Kier molecular flexibility index (Phi) is 10.1. The van der Waals surface area contributed by atoms with E-state index in [1.54, 1.807) is 31.2 Å². The maximum absolute atomic E-state index is 13.8. The first kappa shape index (κ1) is 29.9. The Morgan fingerprint density at radius 1 is 1.05 bits per heavy atom. The van der Waals surface area contributed by atoms with Gasteiger partial charge in [0.15, 0.2) is 11.5 Å². The lowest BCUT2D eigenvalue weighted by atomic mass is 10.1. The summed E-state index contributed by atoms with van der Waals surface area (Å²) in [4.78, 5) is 28.2. The van der Waals surface area contributed by atoms with Crippen LogP contribution in [-0.4, -0.2) is 64.2 Å². The molecule has 2 amide bonds. The van der Waals surface area contributed by atoms with E-state index < -0.39 is 28.5 Å². The van der Waals surface area contributed by atoms with Gasteiger partial charge in [-0.15, -0.1) is 0 Å². The first-order chi connectivity index (χ1) is 18.0. The maximum atomic E-state index is 13.8. The zero-order valence-corrected chi connectivity index (χ0v) is 24.2. The normalized spacial score (nSPS) is 14.6. The summed E-state index contributed by atoms with van der Waals surface area (Å²) in [6.07, 6.45) is 4.83. The zero-order chi connectivity index (χ0) is 28.0. The van der Waals surface area contributed by atoms with E-state index in [0.29, 0.717) is 27.1 Å². The summed E-state index contributed by atoms with van der Waals surface area (Å²) in [5.74, 6) is -0.223. The second kappa shape index (κ2) is 12.9. The predicted octanol–water partition coefficient (Wildman–Crippen LogP) is 4.25. The molecule has 0 radical (unpaired) electrons. The van der Waals surface area contributed by atoms with Crippen LogP contribution in [-0.2, 0) is 26.2 Å². The van der Waals surface area contributed by atoms with E-state index in [0.717, 1.165) is 36.2 Å². The van der Waals surface area contributed by atoms with Crippen LogP contribution in [0.3, 0.4) is 0 Å². The fourth-order valence-corrected chi connectivity index (χ4v) is 5.78. The molecule has 0 saturated heterocycles. The van der Waals surface area contributed by atoms with Crippen molar-refractivity contribution < 1.29 is 27.5 Å². The molecule has 3 rings (SSSR count). The molecule has 1 aliphatic rings. The number of methoxy groups -OCH3 is 2. The van der Waals surface area contributed by atoms with E-state index in [-0.39, 0.29) is 24.2 Å². The summed E-state index contributed by atoms with van der Waals surface area (Å²) in [5, 5.41) is 3.67. The highest BCUT2D eigenvalue weighted by Crippen LogP contribution is 2.33. The molecule has 1 saturated carbocycles. The van der Waals surface area contributed by atoms with Gasteiger partial charge < -0.3 is 19.7 Å². The second-order valence-electron chi connectivity index (χ2n) is 9.20. The van der Waals surface area contributed by atoms with Gasteiger partial charge in [0.1, 0.15) is 12.6 Å². The Morgan fingerprint density at radius 3 is 2.21 bits per heavy atom. The molecule has 1 N–H and O–H groups in total. The molecule has 38 heavy (non-hydrogen) atoms. The number of nitrogens with one attached hydrogen (secondary N) is 1. The summed E-state index contributed by atoms with van der Waals surface area (Å²) in [6.45, 7) is 0.964. The van der Waals surface area contributed by atoms with Crippen LogP contribution in [0.2, 0.25) is 10.0 Å². The molecule has 0 spiro atoms. The van der Waals surface area contributed by atoms with Gasteiger partial charge in [-0.2, -0.15) is 0 Å². The standard InChI is InChI=1S/C26H33Cl2N3O6S/c1-17(26(33)29-18-8-5-6-9-18)30(15-20-21(27)10-7-11-22(20)28)25(32)16-31(38(4,34)35)19-12-13-23(36-2)24(14-19)37-3/h7,10-14,17-18H,5-6,8-9,15-16H2,1-4H3,(H,29,33)/t17-/m0/s1. The number of benzene rings is 2. The molecule has 1 aliphatic carbocycles. The molecule has 2 aromatic rings. The molecule has 9 nitrogen and oxygen atoms in total. The Labute approximate surface area is 234 Å². The molecule has 12 heteroatoms. The average Bonchev–Trinajstić information content (AvgIpc) is 3.38. The molecule has 0 unspecified atom stereocenters. The topological polar surface area (TPSA) is 105 Å². The van der Waals surface area contributed by atoms with Crippen molar-refractivity contribution in [3.05, 3.63) is 52.0 Å². The number of carbonyl (C=O) groups excluding carboxylic acids is 2. The number of carbonyl (C=O) groups is 2. The third kappa shape index (κ3) is 7.24. The van der Waals surface area contributed by atoms with E-state index in [4.69, 9.17) is 32.7 Å². The molecule has 0 bridgehead atoms. The van der Waals surface area contributed by atoms with Crippen molar-refractivity contribution in [3.8, 4) is 11.5 Å². The van der Waals surface area contributed by atoms with Crippen molar-refractivity contribution in [2.24, 2.45) is 0 Å². The van der Waals surface area contributed by atoms with Gasteiger partial charge in [-0.05, 0) is 44.0 Å². The first-order valence-corrected chi connectivity index (χ1v) is 14.8. The highest BCUT2D eigenvalue weighted by molar-refractivity contribution is 7.92. The van der Waals surface area contributed by atoms with E-state index >= 15 is 0 Å². The minimum absolute atomic E-state index is 0.0464. The Balaban J connectivity index is 1.95. The number of halogens is 2. The molecule has 0 aromatic heterocycles. The van der Waals surface area contributed by atoms with Crippen molar-refractivity contribution in [1.29, 1.82) is 0 Å². The summed E-state index contributed by atoms with van der Waals surface area (Å²) in [6, 6.07) is 8.63. The van der Waals surface area contributed by atoms with Gasteiger partial charge in [-0.3, -0.25) is 13.9 Å². The third-order valence-electron chi connectivity index (χ3n) is 6.59. The minimum atomic E-state index is -3.91. The number of rotatable bonds is 11. The quantitative estimate of drug-likeness (QED) is 0.422. The lowest BCUT2D eigenvalue weighted by Gasteiger charge is -2.32. The zero-order valence-electron chi connectivity index (χ0n) is 21.9. The second-order valence-corrected chi connectivity index (χ2v) is 11.9. The predicted molar refractivity (Wildman–Crippen MR) is 149 cm³/mol. The molecular formula is C26H33Cl2N3O6S. The van der Waals surface area contributed by atoms with Crippen LogP contribution in [0.1, 0.15) is 38.2 Å². The largest absolute Gasteiger partial charge is 0.493 e. The van der Waals surface area contributed by atoms with E-state index in [9.17, 15) is 18.0 Å². The fraction of sp³-hybridized carbons (Fsp3) is 0.462. The van der Waals surface area contributed by atoms with E-state index in [2.05, 4.69) is 5.32 Å². The van der Waals surface area contributed by atoms with Crippen molar-refractivity contribution in [2.75, 3.05) is 31.3 Å². The molecule has 1 atom stereocenters. The SMILES string of the molecule is COc1ccc(N(CC(=O)N(Cc2c(Cl)cccc2Cl)[C@@H](C)C(=O)NC2CCCC2)S(C)(=O)=O)cc1OC. The number of sulfonamides is 1. The number of hydrogen-bond acceptors (Lipinski definition) is 6.